The van der Waals surface area contributed by atoms with E-state index < -0.39 is 10.0 Å². The van der Waals surface area contributed by atoms with Gasteiger partial charge in [-0.1, -0.05) is 18.2 Å². The van der Waals surface area contributed by atoms with Gasteiger partial charge in [-0.05, 0) is 31.9 Å². The molecule has 1 heterocycles. The van der Waals surface area contributed by atoms with Crippen LogP contribution in [0.15, 0.2) is 35.2 Å². The Morgan fingerprint density at radius 3 is 2.56 bits per heavy atom. The molecular formula is C13H19NO3S. The van der Waals surface area contributed by atoms with E-state index in [1.165, 1.54) is 4.31 Å². The Morgan fingerprint density at radius 1 is 1.28 bits per heavy atom. The highest BCUT2D eigenvalue weighted by Gasteiger charge is 2.36. The van der Waals surface area contributed by atoms with E-state index in [1.54, 1.807) is 31.4 Å². The Hall–Kier alpha value is -0.910. The number of hydrogen-bond acceptors (Lipinski definition) is 3. The smallest absolute Gasteiger partial charge is 0.243 e. The molecule has 1 aliphatic rings. The lowest BCUT2D eigenvalue weighted by Crippen LogP contribution is -2.49. The van der Waals surface area contributed by atoms with Crippen molar-refractivity contribution in [3.8, 4) is 0 Å². The van der Waals surface area contributed by atoms with Gasteiger partial charge in [0.2, 0.25) is 10.0 Å². The third kappa shape index (κ3) is 2.58. The lowest BCUT2D eigenvalue weighted by molar-refractivity contribution is -0.0319. The van der Waals surface area contributed by atoms with E-state index in [0.717, 1.165) is 12.8 Å². The van der Waals surface area contributed by atoms with Gasteiger partial charge in [-0.3, -0.25) is 0 Å². The Morgan fingerprint density at radius 2 is 1.94 bits per heavy atom. The summed E-state index contributed by atoms with van der Waals surface area (Å²) in [4.78, 5) is 0.352. The quantitative estimate of drug-likeness (QED) is 0.841. The fourth-order valence-corrected chi connectivity index (χ4v) is 3.89. The maximum atomic E-state index is 12.5. The van der Waals surface area contributed by atoms with Crippen molar-refractivity contribution in [3.63, 3.8) is 0 Å². The minimum absolute atomic E-state index is 0.352. The second-order valence-electron chi connectivity index (χ2n) is 4.91. The number of ether oxygens (including phenoxy) is 1. The molecule has 0 aliphatic carbocycles. The molecule has 0 saturated carbocycles. The number of nitrogens with zero attached hydrogens (tertiary/aromatic N) is 1. The average molecular weight is 269 g/mol. The summed E-state index contributed by atoms with van der Waals surface area (Å²) >= 11 is 0. The third-order valence-electron chi connectivity index (χ3n) is 3.50. The van der Waals surface area contributed by atoms with E-state index >= 15 is 0 Å². The zero-order valence-electron chi connectivity index (χ0n) is 10.8. The minimum Gasteiger partial charge on any atom is -0.377 e. The van der Waals surface area contributed by atoms with Gasteiger partial charge in [-0.2, -0.15) is 4.31 Å². The molecule has 0 spiro atoms. The predicted octanol–water partition coefficient (Wildman–Crippen LogP) is 1.88. The van der Waals surface area contributed by atoms with Gasteiger partial charge in [-0.25, -0.2) is 8.42 Å². The predicted molar refractivity (Wildman–Crippen MR) is 69.8 cm³/mol. The topological polar surface area (TPSA) is 46.6 Å². The van der Waals surface area contributed by atoms with Crippen molar-refractivity contribution >= 4 is 10.0 Å². The monoisotopic (exact) mass is 269 g/mol. The molecule has 4 nitrogen and oxygen atoms in total. The Labute approximate surface area is 109 Å². The maximum Gasteiger partial charge on any atom is 0.243 e. The highest BCUT2D eigenvalue weighted by atomic mass is 32.2. The molecule has 1 aliphatic heterocycles. The molecule has 0 bridgehead atoms. The van der Waals surface area contributed by atoms with Crippen molar-refractivity contribution in [2.45, 2.75) is 30.3 Å². The van der Waals surface area contributed by atoms with Gasteiger partial charge in [0, 0.05) is 20.2 Å². The van der Waals surface area contributed by atoms with Crippen LogP contribution in [0.25, 0.3) is 0 Å². The maximum absolute atomic E-state index is 12.5. The first-order chi connectivity index (χ1) is 8.48. The number of hydrogen-bond donors (Lipinski definition) is 0. The van der Waals surface area contributed by atoms with Crippen LogP contribution in [0, 0.1) is 0 Å². The molecule has 1 aromatic rings. The zero-order valence-corrected chi connectivity index (χ0v) is 11.6. The van der Waals surface area contributed by atoms with E-state index in [4.69, 9.17) is 4.74 Å². The number of piperidine rings is 1. The van der Waals surface area contributed by atoms with Crippen LogP contribution in [0.3, 0.4) is 0 Å². The minimum atomic E-state index is -3.39. The number of sulfonamides is 1. The van der Waals surface area contributed by atoms with E-state index in [9.17, 15) is 8.42 Å². The fourth-order valence-electron chi connectivity index (χ4n) is 2.27. The molecule has 0 amide bonds. The number of methoxy groups -OCH3 is 1. The van der Waals surface area contributed by atoms with Gasteiger partial charge in [0.1, 0.15) is 0 Å². The highest BCUT2D eigenvalue weighted by molar-refractivity contribution is 7.89. The van der Waals surface area contributed by atoms with Crippen molar-refractivity contribution in [2.24, 2.45) is 0 Å². The van der Waals surface area contributed by atoms with Gasteiger partial charge < -0.3 is 4.74 Å². The molecular weight excluding hydrogens is 250 g/mol. The Balaban J connectivity index is 2.26. The van der Waals surface area contributed by atoms with Crippen molar-refractivity contribution in [1.29, 1.82) is 0 Å². The van der Waals surface area contributed by atoms with E-state index in [-0.39, 0.29) is 5.60 Å². The van der Waals surface area contributed by atoms with Gasteiger partial charge in [0.15, 0.2) is 0 Å². The van der Waals surface area contributed by atoms with Gasteiger partial charge in [0.05, 0.1) is 10.5 Å². The van der Waals surface area contributed by atoms with Crippen LogP contribution in [0.2, 0.25) is 0 Å². The molecule has 0 radical (unpaired) electrons. The molecule has 100 valence electrons. The molecule has 5 heteroatoms. The Kier molecular flexibility index (Phi) is 3.75. The number of rotatable bonds is 3. The number of benzene rings is 1. The van der Waals surface area contributed by atoms with Crippen LogP contribution in [0.4, 0.5) is 0 Å². The second kappa shape index (κ2) is 4.99. The summed E-state index contributed by atoms with van der Waals surface area (Å²) in [6, 6.07) is 8.56. The van der Waals surface area contributed by atoms with Gasteiger partial charge in [-0.15, -0.1) is 0 Å². The second-order valence-corrected chi connectivity index (χ2v) is 6.85. The average Bonchev–Trinajstić information content (AvgIpc) is 2.40. The Bertz CT molecular complexity index is 500. The van der Waals surface area contributed by atoms with Crippen LogP contribution in [0.1, 0.15) is 19.8 Å². The molecule has 1 atom stereocenters. The molecule has 2 rings (SSSR count). The zero-order chi connectivity index (χ0) is 13.2. The van der Waals surface area contributed by atoms with Crippen molar-refractivity contribution < 1.29 is 13.2 Å². The van der Waals surface area contributed by atoms with E-state index in [0.29, 0.717) is 18.0 Å². The summed E-state index contributed by atoms with van der Waals surface area (Å²) in [5, 5.41) is 0. The molecule has 18 heavy (non-hydrogen) atoms. The largest absolute Gasteiger partial charge is 0.377 e. The summed E-state index contributed by atoms with van der Waals surface area (Å²) < 4.78 is 31.9. The molecule has 1 saturated heterocycles. The summed E-state index contributed by atoms with van der Waals surface area (Å²) in [7, 11) is -1.75. The van der Waals surface area contributed by atoms with Gasteiger partial charge >= 0.3 is 0 Å². The first-order valence-corrected chi connectivity index (χ1v) is 7.52. The lowest BCUT2D eigenvalue weighted by atomic mass is 9.96. The molecule has 0 aromatic heterocycles. The SMILES string of the molecule is COC1(C)CCCN(S(=O)(=O)c2ccccc2)C1. The first-order valence-electron chi connectivity index (χ1n) is 6.08. The van der Waals surface area contributed by atoms with Crippen LogP contribution in [-0.4, -0.2) is 38.5 Å². The fraction of sp³-hybridized carbons (Fsp3) is 0.538. The van der Waals surface area contributed by atoms with Crippen LogP contribution < -0.4 is 0 Å². The summed E-state index contributed by atoms with van der Waals surface area (Å²) in [5.74, 6) is 0. The first kappa shape index (κ1) is 13.5. The summed E-state index contributed by atoms with van der Waals surface area (Å²) in [6.45, 7) is 2.94. The standard InChI is InChI=1S/C13H19NO3S/c1-13(17-2)9-6-10-14(11-13)18(15,16)12-7-4-3-5-8-12/h3-5,7-8H,6,9-11H2,1-2H3. The van der Waals surface area contributed by atoms with E-state index in [1.807, 2.05) is 13.0 Å². The van der Waals surface area contributed by atoms with Crippen LogP contribution >= 0.6 is 0 Å². The summed E-state index contributed by atoms with van der Waals surface area (Å²) in [5.41, 5.74) is -0.375. The van der Waals surface area contributed by atoms with E-state index in [2.05, 4.69) is 0 Å². The van der Waals surface area contributed by atoms with Gasteiger partial charge in [0.25, 0.3) is 0 Å². The normalized spacial score (nSPS) is 26.1. The third-order valence-corrected chi connectivity index (χ3v) is 5.36. The van der Waals surface area contributed by atoms with Crippen molar-refractivity contribution in [3.05, 3.63) is 30.3 Å². The van der Waals surface area contributed by atoms with Crippen molar-refractivity contribution in [2.75, 3.05) is 20.2 Å². The molecule has 1 aromatic carbocycles. The highest BCUT2D eigenvalue weighted by Crippen LogP contribution is 2.28. The molecule has 0 N–H and O–H groups in total. The van der Waals surface area contributed by atoms with Crippen molar-refractivity contribution in [1.82, 2.24) is 4.31 Å². The molecule has 1 unspecified atom stereocenters. The lowest BCUT2D eigenvalue weighted by Gasteiger charge is -2.38. The van der Waals surface area contributed by atoms with Crippen LogP contribution in [0.5, 0.6) is 0 Å². The summed E-state index contributed by atoms with van der Waals surface area (Å²) in [6.07, 6.45) is 1.72. The van der Waals surface area contributed by atoms with Crippen LogP contribution in [-0.2, 0) is 14.8 Å². The molecule has 1 fully saturated rings.